The summed E-state index contributed by atoms with van der Waals surface area (Å²) < 4.78 is 5.99. The lowest BCUT2D eigenvalue weighted by atomic mass is 9.89. The van der Waals surface area contributed by atoms with Crippen molar-refractivity contribution in [2.24, 2.45) is 5.92 Å². The van der Waals surface area contributed by atoms with E-state index in [0.29, 0.717) is 18.0 Å². The number of piperidine rings is 2. The average Bonchev–Trinajstić information content (AvgIpc) is 2.90. The molecule has 3 fully saturated rings. The van der Waals surface area contributed by atoms with Gasteiger partial charge in [-0.2, -0.15) is 0 Å². The van der Waals surface area contributed by atoms with Gasteiger partial charge >= 0.3 is 0 Å². The Balaban J connectivity index is 1.37. The van der Waals surface area contributed by atoms with Gasteiger partial charge in [-0.05, 0) is 31.4 Å². The van der Waals surface area contributed by atoms with Crippen LogP contribution in [-0.2, 0) is 16.1 Å². The summed E-state index contributed by atoms with van der Waals surface area (Å²) in [5.41, 5.74) is 1.40. The fourth-order valence-electron chi connectivity index (χ4n) is 5.17. The molecule has 27 heavy (non-hydrogen) atoms. The third kappa shape index (κ3) is 4.53. The Morgan fingerprint density at radius 1 is 1.07 bits per heavy atom. The molecule has 2 atom stereocenters. The van der Waals surface area contributed by atoms with Crippen LogP contribution in [0.4, 0.5) is 0 Å². The van der Waals surface area contributed by atoms with E-state index in [1.165, 1.54) is 18.5 Å². The van der Waals surface area contributed by atoms with Crippen LogP contribution in [0, 0.1) is 5.92 Å². The topological polar surface area (TPSA) is 36.0 Å². The minimum Gasteiger partial charge on any atom is -0.380 e. The fraction of sp³-hybridized carbons (Fsp3) is 0.682. The van der Waals surface area contributed by atoms with Crippen molar-refractivity contribution in [3.8, 4) is 0 Å². The number of hydrogen-bond donors (Lipinski definition) is 0. The quantitative estimate of drug-likeness (QED) is 0.816. The van der Waals surface area contributed by atoms with Gasteiger partial charge < -0.3 is 9.64 Å². The third-order valence-corrected chi connectivity index (χ3v) is 6.70. The summed E-state index contributed by atoms with van der Waals surface area (Å²) in [6.45, 7) is 9.64. The summed E-state index contributed by atoms with van der Waals surface area (Å²) in [6, 6.07) is 12.1. The van der Waals surface area contributed by atoms with Crippen LogP contribution in [0.3, 0.4) is 0 Å². The Hall–Kier alpha value is -1.43. The zero-order valence-corrected chi connectivity index (χ0v) is 16.6. The Morgan fingerprint density at radius 3 is 2.59 bits per heavy atom. The van der Waals surface area contributed by atoms with E-state index in [9.17, 15) is 4.79 Å². The van der Waals surface area contributed by atoms with Crippen LogP contribution in [0.1, 0.15) is 31.7 Å². The fourth-order valence-corrected chi connectivity index (χ4v) is 5.17. The molecule has 0 N–H and O–H groups in total. The van der Waals surface area contributed by atoms with Gasteiger partial charge in [0, 0.05) is 57.6 Å². The summed E-state index contributed by atoms with van der Waals surface area (Å²) in [6.07, 6.45) is 3.46. The van der Waals surface area contributed by atoms with E-state index in [2.05, 4.69) is 40.1 Å². The molecule has 0 aliphatic carbocycles. The SMILES string of the molecule is CC(=O)N1CCC(N2CC[C@@H]3[C@@H](COCCN3Cc3ccccc3)C2)CC1. The van der Waals surface area contributed by atoms with Crippen LogP contribution < -0.4 is 0 Å². The van der Waals surface area contributed by atoms with Gasteiger partial charge in [0.1, 0.15) is 0 Å². The van der Waals surface area contributed by atoms with Crippen LogP contribution in [0.15, 0.2) is 30.3 Å². The number of ether oxygens (including phenoxy) is 1. The zero-order valence-electron chi connectivity index (χ0n) is 16.6. The summed E-state index contributed by atoms with van der Waals surface area (Å²) in [7, 11) is 0. The highest BCUT2D eigenvalue weighted by atomic mass is 16.5. The first-order valence-electron chi connectivity index (χ1n) is 10.6. The molecule has 5 heteroatoms. The number of carbonyl (C=O) groups is 1. The van der Waals surface area contributed by atoms with Crippen molar-refractivity contribution < 1.29 is 9.53 Å². The largest absolute Gasteiger partial charge is 0.380 e. The number of rotatable bonds is 3. The third-order valence-electron chi connectivity index (χ3n) is 6.70. The molecule has 0 aromatic heterocycles. The molecule has 0 radical (unpaired) electrons. The monoisotopic (exact) mass is 371 g/mol. The first kappa shape index (κ1) is 18.9. The van der Waals surface area contributed by atoms with Gasteiger partial charge in [-0.1, -0.05) is 30.3 Å². The number of nitrogens with zero attached hydrogens (tertiary/aromatic N) is 3. The van der Waals surface area contributed by atoms with Crippen molar-refractivity contribution in [3.63, 3.8) is 0 Å². The average molecular weight is 372 g/mol. The van der Waals surface area contributed by atoms with Gasteiger partial charge in [-0.3, -0.25) is 14.6 Å². The number of likely N-dealkylation sites (tertiary alicyclic amines) is 2. The maximum absolute atomic E-state index is 11.6. The predicted octanol–water partition coefficient (Wildman–Crippen LogP) is 2.22. The second kappa shape index (κ2) is 8.72. The van der Waals surface area contributed by atoms with Crippen LogP contribution in [-0.4, -0.2) is 78.6 Å². The lowest BCUT2D eigenvalue weighted by Gasteiger charge is -2.46. The van der Waals surface area contributed by atoms with E-state index in [-0.39, 0.29) is 5.91 Å². The zero-order chi connectivity index (χ0) is 18.6. The molecule has 1 aromatic rings. The van der Waals surface area contributed by atoms with Crippen molar-refractivity contribution in [2.75, 3.05) is 45.9 Å². The number of hydrogen-bond acceptors (Lipinski definition) is 4. The van der Waals surface area contributed by atoms with Crippen molar-refractivity contribution in [1.82, 2.24) is 14.7 Å². The molecule has 3 aliphatic heterocycles. The van der Waals surface area contributed by atoms with Gasteiger partial charge in [-0.15, -0.1) is 0 Å². The standard InChI is InChI=1S/C22H33N3O2/c1-18(26)23-10-7-21(8-11-23)24-12-9-22-20(16-24)17-27-14-13-25(22)15-19-5-3-2-4-6-19/h2-6,20-22H,7-17H2,1H3/t20-,22-/m1/s1. The first-order chi connectivity index (χ1) is 13.2. The molecule has 0 spiro atoms. The number of benzene rings is 1. The maximum Gasteiger partial charge on any atom is 0.219 e. The van der Waals surface area contributed by atoms with Crippen LogP contribution in [0.5, 0.6) is 0 Å². The first-order valence-corrected chi connectivity index (χ1v) is 10.6. The van der Waals surface area contributed by atoms with Crippen molar-refractivity contribution >= 4 is 5.91 Å². The second-order valence-corrected chi connectivity index (χ2v) is 8.38. The second-order valence-electron chi connectivity index (χ2n) is 8.38. The lowest BCUT2D eigenvalue weighted by Crippen LogP contribution is -2.55. The summed E-state index contributed by atoms with van der Waals surface area (Å²) in [5, 5.41) is 0. The maximum atomic E-state index is 11.6. The molecular weight excluding hydrogens is 338 g/mol. The molecule has 1 aromatic carbocycles. The highest BCUT2D eigenvalue weighted by molar-refractivity contribution is 5.73. The van der Waals surface area contributed by atoms with Gasteiger partial charge in [-0.25, -0.2) is 0 Å². The normalized spacial score (nSPS) is 28.6. The summed E-state index contributed by atoms with van der Waals surface area (Å²) in [4.78, 5) is 18.9. The lowest BCUT2D eigenvalue weighted by molar-refractivity contribution is -0.130. The molecular formula is C22H33N3O2. The van der Waals surface area contributed by atoms with Gasteiger partial charge in [0.2, 0.25) is 5.91 Å². The van der Waals surface area contributed by atoms with E-state index in [4.69, 9.17) is 4.74 Å². The highest BCUT2D eigenvalue weighted by Gasteiger charge is 2.37. The molecule has 3 saturated heterocycles. The van der Waals surface area contributed by atoms with Crippen molar-refractivity contribution in [1.29, 1.82) is 0 Å². The summed E-state index contributed by atoms with van der Waals surface area (Å²) in [5.74, 6) is 0.816. The minimum atomic E-state index is 0.223. The van der Waals surface area contributed by atoms with Crippen LogP contribution >= 0.6 is 0 Å². The van der Waals surface area contributed by atoms with Gasteiger partial charge in [0.25, 0.3) is 0 Å². The molecule has 4 rings (SSSR count). The minimum absolute atomic E-state index is 0.223. The van der Waals surface area contributed by atoms with Gasteiger partial charge in [0.05, 0.1) is 13.2 Å². The summed E-state index contributed by atoms with van der Waals surface area (Å²) >= 11 is 0. The Labute approximate surface area is 163 Å². The molecule has 0 saturated carbocycles. The van der Waals surface area contributed by atoms with E-state index in [1.807, 2.05) is 4.90 Å². The number of amides is 1. The van der Waals surface area contributed by atoms with E-state index in [0.717, 1.165) is 58.8 Å². The number of fused-ring (bicyclic) bond motifs is 1. The Kier molecular flexibility index (Phi) is 6.11. The van der Waals surface area contributed by atoms with E-state index in [1.54, 1.807) is 6.92 Å². The predicted molar refractivity (Wildman–Crippen MR) is 106 cm³/mol. The Bertz CT molecular complexity index is 615. The van der Waals surface area contributed by atoms with Crippen LogP contribution in [0.2, 0.25) is 0 Å². The Morgan fingerprint density at radius 2 is 1.85 bits per heavy atom. The van der Waals surface area contributed by atoms with E-state index >= 15 is 0 Å². The van der Waals surface area contributed by atoms with Crippen molar-refractivity contribution in [3.05, 3.63) is 35.9 Å². The highest BCUT2D eigenvalue weighted by Crippen LogP contribution is 2.29. The molecule has 0 unspecified atom stereocenters. The van der Waals surface area contributed by atoms with Gasteiger partial charge in [0.15, 0.2) is 0 Å². The smallest absolute Gasteiger partial charge is 0.219 e. The molecule has 3 heterocycles. The molecule has 1 amide bonds. The van der Waals surface area contributed by atoms with E-state index < -0.39 is 0 Å². The molecule has 3 aliphatic rings. The van der Waals surface area contributed by atoms with Crippen LogP contribution in [0.25, 0.3) is 0 Å². The molecule has 5 nitrogen and oxygen atoms in total. The molecule has 148 valence electrons. The van der Waals surface area contributed by atoms with Crippen molar-refractivity contribution in [2.45, 2.75) is 44.8 Å². The molecule has 0 bridgehead atoms. The number of carbonyl (C=O) groups excluding carboxylic acids is 1.